The molecule has 0 radical (unpaired) electrons. The fraction of sp³-hybridized carbons (Fsp3) is 0.444. The van der Waals surface area contributed by atoms with Crippen molar-refractivity contribution >= 4 is 35.5 Å². The Morgan fingerprint density at radius 3 is 1.68 bits per heavy atom. The van der Waals surface area contributed by atoms with Crippen LogP contribution >= 0.6 is 23.5 Å². The zero-order valence-corrected chi connectivity index (χ0v) is 27.7. The Balaban J connectivity index is 1.46. The standard InChI is InChI=1S/C36H40N2O4S2/c1-23(2)8-6-10-25-12-16-27(17-13-25)34(39)41-30-20-21-31(33-32(30)43-36(44-33)29(22-37)38-5)42-35(40)28-18-14-26(15-19-28)11-7-9-24(3)4/h8-9,12,14,20-21,27-28H,6-7,10-11,13,15-19H2,1-4H3. The molecule has 2 aliphatic carbocycles. The minimum absolute atomic E-state index is 0.0399. The number of benzene rings is 1. The second-order valence-corrected chi connectivity index (χ2v) is 14.2. The van der Waals surface area contributed by atoms with Crippen molar-refractivity contribution in [1.29, 1.82) is 5.26 Å². The largest absolute Gasteiger partial charge is 0.425 e. The fourth-order valence-electron chi connectivity index (χ4n) is 5.43. The van der Waals surface area contributed by atoms with Crippen LogP contribution < -0.4 is 9.47 Å². The fourth-order valence-corrected chi connectivity index (χ4v) is 7.91. The lowest BCUT2D eigenvalue weighted by Crippen LogP contribution is -2.23. The van der Waals surface area contributed by atoms with Gasteiger partial charge in [-0.1, -0.05) is 70.1 Å². The first kappa shape index (κ1) is 33.4. The van der Waals surface area contributed by atoms with Gasteiger partial charge in [-0.2, -0.15) is 0 Å². The lowest BCUT2D eigenvalue weighted by molar-refractivity contribution is -0.140. The quantitative estimate of drug-likeness (QED) is 0.0838. The van der Waals surface area contributed by atoms with Gasteiger partial charge in [-0.3, -0.25) is 9.59 Å². The summed E-state index contributed by atoms with van der Waals surface area (Å²) < 4.78 is 12.3. The van der Waals surface area contributed by atoms with Gasteiger partial charge >= 0.3 is 11.9 Å². The SMILES string of the molecule is [C-]#[N+]C(C#N)=C1Sc2c(OC(=O)C3CC=C(CCC=C(C)C)CC3)ccc(OC(=O)C3CC=C(CCC=C(C)C)CC3)c2S1. The molecule has 0 amide bonds. The van der Waals surface area contributed by atoms with Crippen molar-refractivity contribution in [3.8, 4) is 17.6 Å². The monoisotopic (exact) mass is 628 g/mol. The van der Waals surface area contributed by atoms with E-state index < -0.39 is 0 Å². The molecule has 4 rings (SSSR count). The molecular formula is C36H40N2O4S2. The Morgan fingerprint density at radius 1 is 0.886 bits per heavy atom. The van der Waals surface area contributed by atoms with E-state index in [4.69, 9.17) is 16.0 Å². The number of carbonyl (C=O) groups is 2. The molecule has 0 N–H and O–H groups in total. The molecule has 0 aromatic heterocycles. The third-order valence-corrected chi connectivity index (χ3v) is 10.6. The molecule has 8 heteroatoms. The van der Waals surface area contributed by atoms with E-state index in [9.17, 15) is 14.9 Å². The Kier molecular flexibility index (Phi) is 12.2. The number of nitrogens with zero attached hydrogens (tertiary/aromatic N) is 2. The molecule has 1 aromatic rings. The number of thioether (sulfide) groups is 2. The van der Waals surface area contributed by atoms with Crippen LogP contribution in [0.1, 0.15) is 91.9 Å². The smallest absolute Gasteiger partial charge is 0.314 e. The van der Waals surface area contributed by atoms with Crippen molar-refractivity contribution < 1.29 is 19.1 Å². The van der Waals surface area contributed by atoms with Crippen LogP contribution in [-0.4, -0.2) is 11.9 Å². The van der Waals surface area contributed by atoms with Gasteiger partial charge in [-0.05, 0) is 104 Å². The normalized spacial score (nSPS) is 18.9. The van der Waals surface area contributed by atoms with Gasteiger partial charge in [0.15, 0.2) is 0 Å². The summed E-state index contributed by atoms with van der Waals surface area (Å²) in [7, 11) is 0. The molecule has 0 spiro atoms. The second kappa shape index (κ2) is 16.0. The number of ether oxygens (including phenoxy) is 2. The van der Waals surface area contributed by atoms with Gasteiger partial charge in [0, 0.05) is 0 Å². The topological polar surface area (TPSA) is 80.8 Å². The predicted octanol–water partition coefficient (Wildman–Crippen LogP) is 10.3. The van der Waals surface area contributed by atoms with E-state index >= 15 is 0 Å². The van der Waals surface area contributed by atoms with E-state index in [0.29, 0.717) is 38.4 Å². The van der Waals surface area contributed by atoms with Crippen molar-refractivity contribution in [2.75, 3.05) is 0 Å². The van der Waals surface area contributed by atoms with Crippen LogP contribution in [0.5, 0.6) is 11.5 Å². The third kappa shape index (κ3) is 9.03. The molecule has 1 aliphatic heterocycles. The maximum absolute atomic E-state index is 13.2. The van der Waals surface area contributed by atoms with Gasteiger partial charge in [0.25, 0.3) is 5.70 Å². The molecule has 1 aromatic carbocycles. The zero-order valence-electron chi connectivity index (χ0n) is 26.0. The number of hydrogen-bond donors (Lipinski definition) is 0. The van der Waals surface area contributed by atoms with Gasteiger partial charge in [0.2, 0.25) is 0 Å². The zero-order chi connectivity index (χ0) is 31.6. The van der Waals surface area contributed by atoms with Crippen LogP contribution in [0.4, 0.5) is 0 Å². The van der Waals surface area contributed by atoms with E-state index in [2.05, 4.69) is 56.8 Å². The van der Waals surface area contributed by atoms with Crippen LogP contribution in [-0.2, 0) is 9.59 Å². The van der Waals surface area contributed by atoms with Gasteiger partial charge in [-0.15, -0.1) is 0 Å². The number of carbonyl (C=O) groups excluding carboxylic acids is 2. The van der Waals surface area contributed by atoms with Crippen LogP contribution in [0.3, 0.4) is 0 Å². The highest BCUT2D eigenvalue weighted by atomic mass is 32.2. The summed E-state index contributed by atoms with van der Waals surface area (Å²) in [6.07, 6.45) is 17.4. The maximum Gasteiger partial charge on any atom is 0.314 e. The highest BCUT2D eigenvalue weighted by molar-refractivity contribution is 8.24. The summed E-state index contributed by atoms with van der Waals surface area (Å²) in [4.78, 5) is 31.0. The van der Waals surface area contributed by atoms with Crippen LogP contribution in [0, 0.1) is 29.7 Å². The highest BCUT2D eigenvalue weighted by Gasteiger charge is 2.33. The molecule has 230 valence electrons. The van der Waals surface area contributed by atoms with Gasteiger partial charge in [0.1, 0.15) is 11.5 Å². The Bertz CT molecular complexity index is 1410. The lowest BCUT2D eigenvalue weighted by atomic mass is 9.88. The first-order valence-electron chi connectivity index (χ1n) is 15.3. The Morgan fingerprint density at radius 2 is 1.34 bits per heavy atom. The third-order valence-electron chi connectivity index (χ3n) is 7.97. The van der Waals surface area contributed by atoms with E-state index in [0.717, 1.165) is 51.4 Å². The number of nitriles is 1. The van der Waals surface area contributed by atoms with E-state index in [-0.39, 0.29) is 29.5 Å². The molecule has 3 aliphatic rings. The van der Waals surface area contributed by atoms with Crippen molar-refractivity contribution in [1.82, 2.24) is 0 Å². The van der Waals surface area contributed by atoms with Gasteiger partial charge in [-0.25, -0.2) is 10.1 Å². The number of rotatable bonds is 10. The molecular weight excluding hydrogens is 589 g/mol. The number of esters is 2. The maximum atomic E-state index is 13.2. The average Bonchev–Trinajstić information content (AvgIpc) is 3.45. The van der Waals surface area contributed by atoms with Crippen molar-refractivity contribution in [3.05, 3.63) is 80.1 Å². The van der Waals surface area contributed by atoms with E-state index in [1.165, 1.54) is 45.8 Å². The van der Waals surface area contributed by atoms with Crippen LogP contribution in [0.25, 0.3) is 4.85 Å². The van der Waals surface area contributed by atoms with Gasteiger partial charge < -0.3 is 9.47 Å². The number of hydrogen-bond acceptors (Lipinski definition) is 7. The first-order valence-corrected chi connectivity index (χ1v) is 16.9. The molecule has 0 saturated heterocycles. The average molecular weight is 629 g/mol. The summed E-state index contributed by atoms with van der Waals surface area (Å²) in [6.45, 7) is 15.8. The first-order chi connectivity index (χ1) is 21.2. The Labute approximate surface area is 270 Å². The number of allylic oxidation sites excluding steroid dienone is 9. The molecule has 6 nitrogen and oxygen atoms in total. The van der Waals surface area contributed by atoms with Gasteiger partial charge in [0.05, 0.1) is 38.5 Å². The molecule has 44 heavy (non-hydrogen) atoms. The Hall–Kier alpha value is -3.46. The molecule has 0 fully saturated rings. The summed E-state index contributed by atoms with van der Waals surface area (Å²) >= 11 is 2.43. The van der Waals surface area contributed by atoms with E-state index in [1.807, 2.05) is 6.07 Å². The molecule has 1 heterocycles. The summed E-state index contributed by atoms with van der Waals surface area (Å²) in [6, 6.07) is 5.27. The summed E-state index contributed by atoms with van der Waals surface area (Å²) in [5, 5.41) is 9.50. The minimum Gasteiger partial charge on any atom is -0.425 e. The predicted molar refractivity (Wildman–Crippen MR) is 177 cm³/mol. The summed E-state index contributed by atoms with van der Waals surface area (Å²) in [5.74, 6) is -0.319. The van der Waals surface area contributed by atoms with Crippen LogP contribution in [0.15, 0.2) is 78.5 Å². The summed E-state index contributed by atoms with van der Waals surface area (Å²) in [5.41, 5.74) is 5.36. The van der Waals surface area contributed by atoms with Crippen LogP contribution in [0.2, 0.25) is 0 Å². The highest BCUT2D eigenvalue weighted by Crippen LogP contribution is 2.59. The molecule has 2 atom stereocenters. The van der Waals surface area contributed by atoms with Crippen molar-refractivity contribution in [3.63, 3.8) is 0 Å². The van der Waals surface area contributed by atoms with Crippen molar-refractivity contribution in [2.24, 2.45) is 11.8 Å². The molecule has 0 saturated carbocycles. The minimum atomic E-state index is -0.292. The van der Waals surface area contributed by atoms with E-state index in [1.54, 1.807) is 12.1 Å². The van der Waals surface area contributed by atoms with Crippen molar-refractivity contribution in [2.45, 2.75) is 102 Å². The lowest BCUT2D eigenvalue weighted by Gasteiger charge is -2.22. The number of fused-ring (bicyclic) bond motifs is 1. The molecule has 0 bridgehead atoms. The second-order valence-electron chi connectivity index (χ2n) is 11.9. The molecule has 2 unspecified atom stereocenters.